The van der Waals surface area contributed by atoms with E-state index in [0.29, 0.717) is 19.3 Å². The molecular formula is C64H104O6. The van der Waals surface area contributed by atoms with Gasteiger partial charge in [0.05, 0.1) is 0 Å². The van der Waals surface area contributed by atoms with Crippen molar-refractivity contribution < 1.29 is 28.6 Å². The van der Waals surface area contributed by atoms with Crippen LogP contribution in [0.2, 0.25) is 0 Å². The van der Waals surface area contributed by atoms with Gasteiger partial charge in [-0.1, -0.05) is 239 Å². The third kappa shape index (κ3) is 54.7. The summed E-state index contributed by atoms with van der Waals surface area (Å²) in [6, 6.07) is 0. The second-order valence-electron chi connectivity index (χ2n) is 18.4. The van der Waals surface area contributed by atoms with E-state index in [1.807, 2.05) is 0 Å². The first-order chi connectivity index (χ1) is 34.5. The maximum Gasteiger partial charge on any atom is 0.306 e. The van der Waals surface area contributed by atoms with E-state index in [1.165, 1.54) is 83.5 Å². The lowest BCUT2D eigenvalue weighted by Crippen LogP contribution is -2.30. The van der Waals surface area contributed by atoms with Crippen LogP contribution in [0.15, 0.2) is 122 Å². The van der Waals surface area contributed by atoms with Gasteiger partial charge < -0.3 is 14.2 Å². The van der Waals surface area contributed by atoms with Crippen LogP contribution in [-0.2, 0) is 28.6 Å². The van der Waals surface area contributed by atoms with Crippen molar-refractivity contribution in [2.75, 3.05) is 13.2 Å². The number of rotatable bonds is 50. The first-order valence-corrected chi connectivity index (χ1v) is 28.5. The lowest BCUT2D eigenvalue weighted by Gasteiger charge is -2.18. The van der Waals surface area contributed by atoms with Crippen molar-refractivity contribution in [1.29, 1.82) is 0 Å². The maximum atomic E-state index is 12.8. The van der Waals surface area contributed by atoms with Gasteiger partial charge in [0, 0.05) is 19.3 Å². The van der Waals surface area contributed by atoms with Crippen molar-refractivity contribution in [3.63, 3.8) is 0 Å². The van der Waals surface area contributed by atoms with E-state index in [0.717, 1.165) is 116 Å². The maximum absolute atomic E-state index is 12.8. The first kappa shape index (κ1) is 65.8. The molecule has 0 aliphatic carbocycles. The van der Waals surface area contributed by atoms with Crippen LogP contribution in [0.25, 0.3) is 0 Å². The molecule has 70 heavy (non-hydrogen) atoms. The van der Waals surface area contributed by atoms with E-state index in [-0.39, 0.29) is 37.5 Å². The summed E-state index contributed by atoms with van der Waals surface area (Å²) in [4.78, 5) is 37.9. The summed E-state index contributed by atoms with van der Waals surface area (Å²) in [6.07, 6.45) is 79.4. The number of hydrogen-bond donors (Lipinski definition) is 0. The zero-order valence-electron chi connectivity index (χ0n) is 45.2. The summed E-state index contributed by atoms with van der Waals surface area (Å²) in [5.74, 6) is -0.957. The van der Waals surface area contributed by atoms with Gasteiger partial charge in [-0.3, -0.25) is 14.4 Å². The standard InChI is InChI=1S/C64H104O6/c1-4-7-10-13-16-18-20-22-24-26-28-30-31-32-33-35-36-38-40-42-44-46-48-51-54-57-63(66)69-60-61(59-68-62(65)56-53-50-15-12-9-6-3)70-64(67)58-55-52-49-47-45-43-41-39-37-34-29-27-25-23-21-19-17-14-11-8-5-2/h7-8,10-11,16-19,22-25,28-30,34,39,41,45,47,61H,4-6,9,12-15,20-21,26-27,31-33,35-38,40,42-44,46,48-60H2,1-3H3/b10-7-,11-8-,18-16-,19-17-,24-22-,25-23-,30-28-,34-29-,41-39-,47-45-. The molecule has 0 aromatic rings. The highest BCUT2D eigenvalue weighted by Gasteiger charge is 2.19. The average Bonchev–Trinajstić information content (AvgIpc) is 3.36. The molecule has 0 fully saturated rings. The van der Waals surface area contributed by atoms with Gasteiger partial charge in [0.2, 0.25) is 0 Å². The highest BCUT2D eigenvalue weighted by Crippen LogP contribution is 2.15. The fraction of sp³-hybridized carbons (Fsp3) is 0.641. The van der Waals surface area contributed by atoms with Crippen LogP contribution >= 0.6 is 0 Å². The Labute approximate surface area is 431 Å². The van der Waals surface area contributed by atoms with Gasteiger partial charge in [0.15, 0.2) is 6.10 Å². The molecule has 1 atom stereocenters. The summed E-state index contributed by atoms with van der Waals surface area (Å²) in [6.45, 7) is 6.31. The van der Waals surface area contributed by atoms with Gasteiger partial charge in [-0.25, -0.2) is 0 Å². The fourth-order valence-corrected chi connectivity index (χ4v) is 7.49. The van der Waals surface area contributed by atoms with Crippen molar-refractivity contribution >= 4 is 17.9 Å². The third-order valence-electron chi connectivity index (χ3n) is 11.7. The summed E-state index contributed by atoms with van der Waals surface area (Å²) in [5, 5.41) is 0. The zero-order chi connectivity index (χ0) is 50.7. The summed E-state index contributed by atoms with van der Waals surface area (Å²) in [5.41, 5.74) is 0. The fourth-order valence-electron chi connectivity index (χ4n) is 7.49. The lowest BCUT2D eigenvalue weighted by molar-refractivity contribution is -0.167. The predicted molar refractivity (Wildman–Crippen MR) is 302 cm³/mol. The van der Waals surface area contributed by atoms with Crippen LogP contribution in [-0.4, -0.2) is 37.2 Å². The van der Waals surface area contributed by atoms with Gasteiger partial charge >= 0.3 is 17.9 Å². The molecule has 0 rings (SSSR count). The average molecular weight is 970 g/mol. The Balaban J connectivity index is 4.23. The Morgan fingerprint density at radius 1 is 0.300 bits per heavy atom. The minimum Gasteiger partial charge on any atom is -0.462 e. The molecule has 0 bridgehead atoms. The Kier molecular flexibility index (Phi) is 54.0. The topological polar surface area (TPSA) is 78.9 Å². The summed E-state index contributed by atoms with van der Waals surface area (Å²) >= 11 is 0. The van der Waals surface area contributed by atoms with Gasteiger partial charge in [-0.05, 0) is 109 Å². The molecule has 0 aromatic carbocycles. The molecule has 0 heterocycles. The molecule has 0 aliphatic heterocycles. The Bertz CT molecular complexity index is 1490. The van der Waals surface area contributed by atoms with Crippen LogP contribution < -0.4 is 0 Å². The number of esters is 3. The SMILES string of the molecule is CC/C=C\C/C=C\C/C=C\C/C=C\C/C=C\C/C=C\CCCCC(=O)OC(COC(=O)CCCCCCCC)COC(=O)CCCCCCCCCCCCCC/C=C\C/C=C\C/C=C\C/C=C\CC. The van der Waals surface area contributed by atoms with Crippen LogP contribution in [0, 0.1) is 0 Å². The van der Waals surface area contributed by atoms with Crippen molar-refractivity contribution in [3.8, 4) is 0 Å². The van der Waals surface area contributed by atoms with E-state index in [1.54, 1.807) is 0 Å². The monoisotopic (exact) mass is 969 g/mol. The quantitative estimate of drug-likeness (QED) is 0.0262. The second-order valence-corrected chi connectivity index (χ2v) is 18.4. The number of allylic oxidation sites excluding steroid dienone is 20. The van der Waals surface area contributed by atoms with Crippen molar-refractivity contribution in [2.45, 2.75) is 252 Å². The number of ether oxygens (including phenoxy) is 3. The van der Waals surface area contributed by atoms with Crippen molar-refractivity contribution in [3.05, 3.63) is 122 Å². The third-order valence-corrected chi connectivity index (χ3v) is 11.7. The largest absolute Gasteiger partial charge is 0.462 e. The van der Waals surface area contributed by atoms with E-state index >= 15 is 0 Å². The molecule has 0 saturated carbocycles. The highest BCUT2D eigenvalue weighted by molar-refractivity contribution is 5.71. The van der Waals surface area contributed by atoms with Gasteiger partial charge in [-0.15, -0.1) is 0 Å². The first-order valence-electron chi connectivity index (χ1n) is 28.5. The van der Waals surface area contributed by atoms with Gasteiger partial charge in [0.25, 0.3) is 0 Å². The number of carbonyl (C=O) groups is 3. The molecule has 6 heteroatoms. The number of carbonyl (C=O) groups excluding carboxylic acids is 3. The molecule has 0 amide bonds. The molecule has 0 radical (unpaired) electrons. The lowest BCUT2D eigenvalue weighted by atomic mass is 10.0. The minimum absolute atomic E-state index is 0.0983. The Morgan fingerprint density at radius 2 is 0.557 bits per heavy atom. The smallest absolute Gasteiger partial charge is 0.306 e. The van der Waals surface area contributed by atoms with E-state index in [9.17, 15) is 14.4 Å². The highest BCUT2D eigenvalue weighted by atomic mass is 16.6. The molecule has 1 unspecified atom stereocenters. The number of unbranched alkanes of at least 4 members (excludes halogenated alkanes) is 19. The molecule has 0 spiro atoms. The second kappa shape index (κ2) is 57.4. The normalized spacial score (nSPS) is 13.0. The Hall–Kier alpha value is -4.19. The molecule has 0 saturated heterocycles. The molecule has 0 N–H and O–H groups in total. The molecule has 396 valence electrons. The van der Waals surface area contributed by atoms with E-state index in [2.05, 4.69) is 142 Å². The summed E-state index contributed by atoms with van der Waals surface area (Å²) < 4.78 is 16.7. The van der Waals surface area contributed by atoms with Gasteiger partial charge in [0.1, 0.15) is 13.2 Å². The molecule has 0 aliphatic rings. The molecular weight excluding hydrogens is 865 g/mol. The zero-order valence-corrected chi connectivity index (χ0v) is 45.2. The van der Waals surface area contributed by atoms with Crippen LogP contribution in [0.1, 0.15) is 245 Å². The predicted octanol–water partition coefficient (Wildman–Crippen LogP) is 19.3. The van der Waals surface area contributed by atoms with Crippen molar-refractivity contribution in [1.82, 2.24) is 0 Å². The Morgan fingerprint density at radius 3 is 0.900 bits per heavy atom. The molecule has 0 aromatic heterocycles. The van der Waals surface area contributed by atoms with Gasteiger partial charge in [-0.2, -0.15) is 0 Å². The number of hydrogen-bond acceptors (Lipinski definition) is 6. The summed E-state index contributed by atoms with van der Waals surface area (Å²) in [7, 11) is 0. The van der Waals surface area contributed by atoms with Crippen LogP contribution in [0.4, 0.5) is 0 Å². The molecule has 6 nitrogen and oxygen atoms in total. The van der Waals surface area contributed by atoms with Crippen LogP contribution in [0.5, 0.6) is 0 Å². The van der Waals surface area contributed by atoms with Crippen LogP contribution in [0.3, 0.4) is 0 Å². The van der Waals surface area contributed by atoms with Crippen molar-refractivity contribution in [2.24, 2.45) is 0 Å². The van der Waals surface area contributed by atoms with E-state index in [4.69, 9.17) is 14.2 Å². The minimum atomic E-state index is -0.801. The van der Waals surface area contributed by atoms with E-state index < -0.39 is 6.10 Å².